The Morgan fingerprint density at radius 2 is 1.63 bits per heavy atom. The van der Waals surface area contributed by atoms with Crippen LogP contribution < -0.4 is 10.1 Å². The van der Waals surface area contributed by atoms with Gasteiger partial charge in [-0.15, -0.1) is 0 Å². The van der Waals surface area contributed by atoms with Crippen molar-refractivity contribution in [1.82, 2.24) is 4.90 Å². The van der Waals surface area contributed by atoms with Crippen LogP contribution in [0.15, 0.2) is 103 Å². The van der Waals surface area contributed by atoms with Crippen molar-refractivity contribution < 1.29 is 23.5 Å². The van der Waals surface area contributed by atoms with Crippen LogP contribution in [0.4, 0.5) is 10.1 Å². The van der Waals surface area contributed by atoms with Crippen molar-refractivity contribution in [2.75, 3.05) is 11.9 Å². The molecule has 1 amide bonds. The van der Waals surface area contributed by atoms with Crippen LogP contribution in [0, 0.1) is 11.7 Å². The van der Waals surface area contributed by atoms with Gasteiger partial charge in [0, 0.05) is 17.5 Å². The van der Waals surface area contributed by atoms with Gasteiger partial charge in [0.05, 0.1) is 24.1 Å². The summed E-state index contributed by atoms with van der Waals surface area (Å²) in [6.45, 7) is 2.41. The van der Waals surface area contributed by atoms with Gasteiger partial charge in [0.2, 0.25) is 5.91 Å². The Morgan fingerprint density at radius 3 is 2.44 bits per heavy atom. The summed E-state index contributed by atoms with van der Waals surface area (Å²) in [4.78, 5) is 46.1. The number of halogens is 1. The number of nitrogens with one attached hydrogen (secondary N) is 1. The molecule has 3 aliphatic heterocycles. The lowest BCUT2D eigenvalue weighted by atomic mass is 9.62. The van der Waals surface area contributed by atoms with Crippen molar-refractivity contribution in [3.05, 3.63) is 137 Å². The number of para-hydroxylation sites is 2. The highest BCUT2D eigenvalue weighted by molar-refractivity contribution is 6.17. The lowest BCUT2D eigenvalue weighted by Crippen LogP contribution is -2.49. The van der Waals surface area contributed by atoms with Crippen molar-refractivity contribution in [3.63, 3.8) is 0 Å². The number of hydrogen-bond acceptors (Lipinski definition) is 5. The summed E-state index contributed by atoms with van der Waals surface area (Å²) in [5.74, 6) is -2.27. The second-order valence-corrected chi connectivity index (χ2v) is 11.2. The number of fused-ring (bicyclic) bond motifs is 6. The summed E-state index contributed by atoms with van der Waals surface area (Å²) >= 11 is 0. The van der Waals surface area contributed by atoms with Gasteiger partial charge in [-0.2, -0.15) is 0 Å². The Hall–Kier alpha value is -5.04. The minimum atomic E-state index is -1.46. The Bertz CT molecular complexity index is 1800. The molecule has 1 fully saturated rings. The van der Waals surface area contributed by atoms with Crippen molar-refractivity contribution in [1.29, 1.82) is 0 Å². The van der Waals surface area contributed by atoms with Gasteiger partial charge in [-0.1, -0.05) is 61.5 Å². The maximum Gasteiger partial charge on any atom is 0.238 e. The maximum absolute atomic E-state index is 14.9. The van der Waals surface area contributed by atoms with Crippen LogP contribution in [0.3, 0.4) is 0 Å². The first kappa shape index (κ1) is 26.8. The number of ether oxygens (including phenoxy) is 1. The molecule has 0 bridgehead atoms. The molecule has 4 aromatic carbocycles. The van der Waals surface area contributed by atoms with Gasteiger partial charge in [0.25, 0.3) is 0 Å². The zero-order valence-electron chi connectivity index (χ0n) is 23.5. The van der Waals surface area contributed by atoms with Crippen LogP contribution in [-0.4, -0.2) is 35.0 Å². The third kappa shape index (κ3) is 3.95. The minimum Gasteiger partial charge on any atom is -0.493 e. The van der Waals surface area contributed by atoms with Crippen molar-refractivity contribution >= 4 is 29.2 Å². The highest BCUT2D eigenvalue weighted by Crippen LogP contribution is 2.62. The number of benzene rings is 4. The van der Waals surface area contributed by atoms with Gasteiger partial charge in [-0.3, -0.25) is 14.4 Å². The zero-order valence-corrected chi connectivity index (χ0v) is 23.5. The molecule has 4 unspecified atom stereocenters. The summed E-state index contributed by atoms with van der Waals surface area (Å²) in [6, 6.07) is 25.7. The van der Waals surface area contributed by atoms with Crippen LogP contribution in [-0.2, 0) is 10.2 Å². The Balaban J connectivity index is 1.51. The second-order valence-electron chi connectivity index (χ2n) is 11.2. The molecule has 0 radical (unpaired) electrons. The van der Waals surface area contributed by atoms with E-state index in [9.17, 15) is 18.8 Å². The topological polar surface area (TPSA) is 75.7 Å². The maximum atomic E-state index is 14.9. The standard InChI is InChI=1S/C36H29FN2O4/c1-2-21-43-29-14-8-5-11-26(29)33(41)31-30(32(40)23-15-17-24(37)18-16-23)36(27-12-6-7-13-28(27)38-35(36)42)34-25-10-4-3-9-22(25)19-20-39(31)34/h3-20,30-31,34H,2,21H2,1H3,(H,38,42). The average molecular weight is 573 g/mol. The number of carbonyl (C=O) groups excluding carboxylic acids is 3. The van der Waals surface area contributed by atoms with Gasteiger partial charge in [0.15, 0.2) is 11.6 Å². The van der Waals surface area contributed by atoms with E-state index in [-0.39, 0.29) is 17.3 Å². The first-order valence-electron chi connectivity index (χ1n) is 14.5. The molecule has 4 atom stereocenters. The van der Waals surface area contributed by atoms with E-state index in [1.54, 1.807) is 24.3 Å². The first-order chi connectivity index (χ1) is 21.0. The zero-order chi connectivity index (χ0) is 29.7. The lowest BCUT2D eigenvalue weighted by Gasteiger charge is -2.38. The number of nitrogens with zero attached hydrogens (tertiary/aromatic N) is 1. The van der Waals surface area contributed by atoms with Crippen LogP contribution in [0.2, 0.25) is 0 Å². The third-order valence-electron chi connectivity index (χ3n) is 8.86. The fourth-order valence-corrected chi connectivity index (χ4v) is 7.13. The average Bonchev–Trinajstić information content (AvgIpc) is 3.52. The molecule has 1 spiro atoms. The molecule has 0 aromatic heterocycles. The Kier molecular flexibility index (Phi) is 6.46. The number of hydrogen-bond donors (Lipinski definition) is 1. The Labute approximate surface area is 248 Å². The molecule has 43 heavy (non-hydrogen) atoms. The molecule has 7 rings (SSSR count). The van der Waals surface area contributed by atoms with E-state index in [0.717, 1.165) is 17.5 Å². The fraction of sp³-hybridized carbons (Fsp3) is 0.194. The molecule has 3 heterocycles. The lowest BCUT2D eigenvalue weighted by molar-refractivity contribution is -0.122. The van der Waals surface area contributed by atoms with Crippen LogP contribution in [0.25, 0.3) is 6.08 Å². The summed E-state index contributed by atoms with van der Waals surface area (Å²) < 4.78 is 20.0. The first-order valence-corrected chi connectivity index (χ1v) is 14.5. The molecule has 6 nitrogen and oxygen atoms in total. The van der Waals surface area contributed by atoms with Gasteiger partial charge < -0.3 is 15.0 Å². The quantitative estimate of drug-likeness (QED) is 0.253. The smallest absolute Gasteiger partial charge is 0.238 e. The number of anilines is 1. The van der Waals surface area contributed by atoms with E-state index in [1.165, 1.54) is 24.3 Å². The molecule has 0 saturated carbocycles. The number of rotatable bonds is 7. The van der Waals surface area contributed by atoms with E-state index in [4.69, 9.17) is 4.74 Å². The molecule has 3 aliphatic rings. The molecule has 1 N–H and O–H groups in total. The van der Waals surface area contributed by atoms with Gasteiger partial charge in [-0.25, -0.2) is 4.39 Å². The predicted molar refractivity (Wildman–Crippen MR) is 161 cm³/mol. The van der Waals surface area contributed by atoms with Gasteiger partial charge >= 0.3 is 0 Å². The number of Topliss-reactive ketones (excluding diaryl/α,β-unsaturated/α-hetero) is 2. The van der Waals surface area contributed by atoms with Crippen LogP contribution >= 0.6 is 0 Å². The highest BCUT2D eigenvalue weighted by Gasteiger charge is 2.70. The number of ketones is 2. The molecular weight excluding hydrogens is 543 g/mol. The van der Waals surface area contributed by atoms with Gasteiger partial charge in [-0.05, 0) is 71.7 Å². The van der Waals surface area contributed by atoms with Crippen molar-refractivity contribution in [2.45, 2.75) is 30.8 Å². The highest BCUT2D eigenvalue weighted by atomic mass is 19.1. The predicted octanol–water partition coefficient (Wildman–Crippen LogP) is 6.60. The monoisotopic (exact) mass is 572 g/mol. The van der Waals surface area contributed by atoms with Crippen LogP contribution in [0.1, 0.15) is 56.8 Å². The molecule has 0 aliphatic carbocycles. The summed E-state index contributed by atoms with van der Waals surface area (Å²) in [6.07, 6.45) is 4.51. The number of amides is 1. The SMILES string of the molecule is CCCOc1ccccc1C(=O)C1C(C(=O)c2ccc(F)cc2)C2(C(=O)Nc3ccccc32)C2c3ccccc3C=CN12. The van der Waals surface area contributed by atoms with E-state index in [0.29, 0.717) is 29.2 Å². The van der Waals surface area contributed by atoms with Crippen molar-refractivity contribution in [2.24, 2.45) is 5.92 Å². The molecule has 214 valence electrons. The van der Waals surface area contributed by atoms with Crippen molar-refractivity contribution in [3.8, 4) is 5.75 Å². The van der Waals surface area contributed by atoms with E-state index >= 15 is 0 Å². The number of carbonyl (C=O) groups is 3. The Morgan fingerprint density at radius 1 is 0.907 bits per heavy atom. The third-order valence-corrected chi connectivity index (χ3v) is 8.86. The normalized spacial score (nSPS) is 23.0. The summed E-state index contributed by atoms with van der Waals surface area (Å²) in [5, 5.41) is 3.04. The largest absolute Gasteiger partial charge is 0.493 e. The molecular formula is C36H29FN2O4. The molecule has 1 saturated heterocycles. The van der Waals surface area contributed by atoms with E-state index in [1.807, 2.05) is 72.6 Å². The van der Waals surface area contributed by atoms with E-state index < -0.39 is 35.0 Å². The van der Waals surface area contributed by atoms with Gasteiger partial charge in [0.1, 0.15) is 23.0 Å². The second kappa shape index (κ2) is 10.3. The fourth-order valence-electron chi connectivity index (χ4n) is 7.13. The molecule has 7 heteroatoms. The minimum absolute atomic E-state index is 0.230. The summed E-state index contributed by atoms with van der Waals surface area (Å²) in [5.41, 5.74) is 2.14. The molecule has 4 aromatic rings. The summed E-state index contributed by atoms with van der Waals surface area (Å²) in [7, 11) is 0. The van der Waals surface area contributed by atoms with E-state index in [2.05, 4.69) is 5.32 Å². The van der Waals surface area contributed by atoms with Crippen LogP contribution in [0.5, 0.6) is 5.75 Å².